The molecule has 3 nitrogen and oxygen atoms in total. The van der Waals surface area contributed by atoms with E-state index in [1.807, 2.05) is 0 Å². The molecule has 1 aliphatic carbocycles. The molecule has 1 saturated carbocycles. The number of nitrogens with zero attached hydrogens (tertiary/aromatic N) is 1. The summed E-state index contributed by atoms with van der Waals surface area (Å²) in [5.74, 6) is 1.88. The summed E-state index contributed by atoms with van der Waals surface area (Å²) >= 11 is 0. The van der Waals surface area contributed by atoms with Crippen molar-refractivity contribution in [2.24, 2.45) is 11.8 Å². The van der Waals surface area contributed by atoms with E-state index in [1.165, 1.54) is 25.7 Å². The van der Waals surface area contributed by atoms with Crippen LogP contribution in [0.2, 0.25) is 0 Å². The quantitative estimate of drug-likeness (QED) is 0.754. The number of methoxy groups -OCH3 is 1. The van der Waals surface area contributed by atoms with Crippen molar-refractivity contribution in [1.29, 1.82) is 0 Å². The second-order valence-corrected chi connectivity index (χ2v) is 5.97. The molecular formula is C15H27NO2. The van der Waals surface area contributed by atoms with Gasteiger partial charge in [0.05, 0.1) is 0 Å². The van der Waals surface area contributed by atoms with Crippen LogP contribution in [0.1, 0.15) is 51.4 Å². The second kappa shape index (κ2) is 7.13. The molecule has 1 aliphatic heterocycles. The Balaban J connectivity index is 1.64. The molecule has 1 heterocycles. The molecule has 1 saturated heterocycles. The van der Waals surface area contributed by atoms with Crippen LogP contribution in [0.15, 0.2) is 0 Å². The maximum Gasteiger partial charge on any atom is 0.222 e. The van der Waals surface area contributed by atoms with E-state index in [4.69, 9.17) is 4.74 Å². The lowest BCUT2D eigenvalue weighted by atomic mass is 9.96. The van der Waals surface area contributed by atoms with Gasteiger partial charge in [-0.3, -0.25) is 4.79 Å². The third-order valence-electron chi connectivity index (χ3n) is 4.61. The molecule has 18 heavy (non-hydrogen) atoms. The molecule has 0 aromatic carbocycles. The van der Waals surface area contributed by atoms with Crippen molar-refractivity contribution >= 4 is 5.91 Å². The molecule has 0 radical (unpaired) electrons. The topological polar surface area (TPSA) is 29.5 Å². The van der Waals surface area contributed by atoms with E-state index < -0.39 is 0 Å². The zero-order valence-corrected chi connectivity index (χ0v) is 11.7. The monoisotopic (exact) mass is 253 g/mol. The van der Waals surface area contributed by atoms with Gasteiger partial charge in [-0.05, 0) is 31.1 Å². The fourth-order valence-corrected chi connectivity index (χ4v) is 3.37. The number of carbonyl (C=O) groups excluding carboxylic acids is 1. The molecule has 0 aromatic rings. The number of hydrogen-bond acceptors (Lipinski definition) is 2. The normalized spacial score (nSPS) is 22.6. The summed E-state index contributed by atoms with van der Waals surface area (Å²) in [7, 11) is 1.76. The first kappa shape index (κ1) is 13.9. The van der Waals surface area contributed by atoms with E-state index in [-0.39, 0.29) is 0 Å². The second-order valence-electron chi connectivity index (χ2n) is 5.97. The van der Waals surface area contributed by atoms with Crippen molar-refractivity contribution < 1.29 is 9.53 Å². The Morgan fingerprint density at radius 3 is 2.39 bits per heavy atom. The zero-order valence-electron chi connectivity index (χ0n) is 11.7. The van der Waals surface area contributed by atoms with Gasteiger partial charge < -0.3 is 9.64 Å². The highest BCUT2D eigenvalue weighted by Gasteiger charge is 2.23. The van der Waals surface area contributed by atoms with Gasteiger partial charge >= 0.3 is 0 Å². The largest absolute Gasteiger partial charge is 0.384 e. The first-order chi connectivity index (χ1) is 8.79. The van der Waals surface area contributed by atoms with Crippen molar-refractivity contribution in [2.75, 3.05) is 26.8 Å². The summed E-state index contributed by atoms with van der Waals surface area (Å²) in [6.07, 6.45) is 9.58. The Kier molecular flexibility index (Phi) is 5.48. The van der Waals surface area contributed by atoms with Crippen molar-refractivity contribution in [3.63, 3.8) is 0 Å². The number of rotatable bonds is 5. The predicted octanol–water partition coefficient (Wildman–Crippen LogP) is 2.84. The fourth-order valence-electron chi connectivity index (χ4n) is 3.37. The number of hydrogen-bond donors (Lipinski definition) is 0. The Morgan fingerprint density at radius 2 is 1.78 bits per heavy atom. The number of ether oxygens (including phenoxy) is 1. The Morgan fingerprint density at radius 1 is 1.11 bits per heavy atom. The highest BCUT2D eigenvalue weighted by molar-refractivity contribution is 5.76. The minimum absolute atomic E-state index is 0.387. The highest BCUT2D eigenvalue weighted by atomic mass is 16.5. The van der Waals surface area contributed by atoms with Gasteiger partial charge in [0.15, 0.2) is 0 Å². The third-order valence-corrected chi connectivity index (χ3v) is 4.61. The Bertz CT molecular complexity index is 253. The number of likely N-dealkylation sites (tertiary alicyclic amines) is 1. The van der Waals surface area contributed by atoms with Crippen LogP contribution in [-0.4, -0.2) is 37.6 Å². The van der Waals surface area contributed by atoms with Gasteiger partial charge in [0.1, 0.15) is 0 Å². The minimum Gasteiger partial charge on any atom is -0.384 e. The van der Waals surface area contributed by atoms with Gasteiger partial charge in [0.25, 0.3) is 0 Å². The average molecular weight is 253 g/mol. The van der Waals surface area contributed by atoms with E-state index >= 15 is 0 Å². The van der Waals surface area contributed by atoms with Crippen LogP contribution in [-0.2, 0) is 9.53 Å². The standard InChI is InChI=1S/C15H27NO2/c1-18-12-14-8-10-16(11-9-14)15(17)7-6-13-4-2-3-5-13/h13-14H,2-12H2,1H3. The Hall–Kier alpha value is -0.570. The first-order valence-corrected chi connectivity index (χ1v) is 7.56. The minimum atomic E-state index is 0.387. The van der Waals surface area contributed by atoms with Crippen LogP contribution in [0, 0.1) is 11.8 Å². The molecule has 1 amide bonds. The van der Waals surface area contributed by atoms with E-state index in [9.17, 15) is 4.79 Å². The molecular weight excluding hydrogens is 226 g/mol. The van der Waals surface area contributed by atoms with Gasteiger partial charge in [0.2, 0.25) is 5.91 Å². The van der Waals surface area contributed by atoms with E-state index in [0.29, 0.717) is 11.8 Å². The number of carbonyl (C=O) groups is 1. The molecule has 2 rings (SSSR count). The van der Waals surface area contributed by atoms with E-state index in [0.717, 1.165) is 51.3 Å². The maximum atomic E-state index is 12.1. The fraction of sp³-hybridized carbons (Fsp3) is 0.933. The molecule has 104 valence electrons. The lowest BCUT2D eigenvalue weighted by Crippen LogP contribution is -2.39. The summed E-state index contributed by atoms with van der Waals surface area (Å²) in [4.78, 5) is 14.2. The summed E-state index contributed by atoms with van der Waals surface area (Å²) in [5.41, 5.74) is 0. The lowest BCUT2D eigenvalue weighted by Gasteiger charge is -2.32. The average Bonchev–Trinajstić information content (AvgIpc) is 2.90. The van der Waals surface area contributed by atoms with Crippen LogP contribution in [0.4, 0.5) is 0 Å². The molecule has 0 bridgehead atoms. The van der Waals surface area contributed by atoms with Crippen LogP contribution in [0.3, 0.4) is 0 Å². The van der Waals surface area contributed by atoms with Crippen LogP contribution >= 0.6 is 0 Å². The van der Waals surface area contributed by atoms with Gasteiger partial charge in [0, 0.05) is 33.2 Å². The summed E-state index contributed by atoms with van der Waals surface area (Å²) in [6, 6.07) is 0. The van der Waals surface area contributed by atoms with Gasteiger partial charge in [-0.2, -0.15) is 0 Å². The maximum absolute atomic E-state index is 12.1. The van der Waals surface area contributed by atoms with Gasteiger partial charge in [-0.15, -0.1) is 0 Å². The van der Waals surface area contributed by atoms with Crippen molar-refractivity contribution in [3.05, 3.63) is 0 Å². The van der Waals surface area contributed by atoms with Crippen molar-refractivity contribution in [2.45, 2.75) is 51.4 Å². The number of piperidine rings is 1. The lowest BCUT2D eigenvalue weighted by molar-refractivity contribution is -0.133. The predicted molar refractivity (Wildman–Crippen MR) is 72.4 cm³/mol. The number of amides is 1. The molecule has 0 spiro atoms. The van der Waals surface area contributed by atoms with E-state index in [1.54, 1.807) is 7.11 Å². The summed E-state index contributed by atoms with van der Waals surface area (Å²) in [6.45, 7) is 2.74. The highest BCUT2D eigenvalue weighted by Crippen LogP contribution is 2.29. The SMILES string of the molecule is COCC1CCN(C(=O)CCC2CCCC2)CC1. The Labute approximate surface area is 111 Å². The smallest absolute Gasteiger partial charge is 0.222 e. The molecule has 0 unspecified atom stereocenters. The zero-order chi connectivity index (χ0) is 12.8. The molecule has 0 atom stereocenters. The van der Waals surface area contributed by atoms with Crippen LogP contribution in [0.25, 0.3) is 0 Å². The molecule has 0 N–H and O–H groups in total. The van der Waals surface area contributed by atoms with Crippen molar-refractivity contribution in [1.82, 2.24) is 4.90 Å². The third kappa shape index (κ3) is 3.98. The van der Waals surface area contributed by atoms with E-state index in [2.05, 4.69) is 4.90 Å². The first-order valence-electron chi connectivity index (χ1n) is 7.56. The summed E-state index contributed by atoms with van der Waals surface area (Å²) < 4.78 is 5.19. The van der Waals surface area contributed by atoms with Gasteiger partial charge in [-0.25, -0.2) is 0 Å². The molecule has 2 fully saturated rings. The summed E-state index contributed by atoms with van der Waals surface area (Å²) in [5, 5.41) is 0. The van der Waals surface area contributed by atoms with Crippen LogP contribution in [0.5, 0.6) is 0 Å². The van der Waals surface area contributed by atoms with Gasteiger partial charge in [-0.1, -0.05) is 25.7 Å². The molecule has 3 heteroatoms. The molecule has 0 aromatic heterocycles. The molecule has 2 aliphatic rings. The van der Waals surface area contributed by atoms with Crippen LogP contribution < -0.4 is 0 Å². The van der Waals surface area contributed by atoms with Crippen molar-refractivity contribution in [3.8, 4) is 0 Å².